The molecule has 0 aliphatic carbocycles. The van der Waals surface area contributed by atoms with Crippen LogP contribution in [0.4, 0.5) is 5.82 Å². The van der Waals surface area contributed by atoms with Crippen LogP contribution in [-0.4, -0.2) is 28.6 Å². The Morgan fingerprint density at radius 3 is 2.61 bits per heavy atom. The highest BCUT2D eigenvalue weighted by Crippen LogP contribution is 2.24. The van der Waals surface area contributed by atoms with Gasteiger partial charge >= 0.3 is 5.97 Å². The number of anilines is 1. The minimum absolute atomic E-state index is 0.162. The van der Waals surface area contributed by atoms with Gasteiger partial charge in [0.2, 0.25) is 0 Å². The van der Waals surface area contributed by atoms with Gasteiger partial charge in [0, 0.05) is 18.3 Å². The minimum atomic E-state index is -0.940. The van der Waals surface area contributed by atoms with Crippen LogP contribution in [0.15, 0.2) is 18.7 Å². The van der Waals surface area contributed by atoms with Crippen molar-refractivity contribution in [3.63, 3.8) is 0 Å². The van der Waals surface area contributed by atoms with Crippen LogP contribution >= 0.6 is 0 Å². The van der Waals surface area contributed by atoms with E-state index in [1.165, 1.54) is 0 Å². The number of pyridine rings is 1. The van der Waals surface area contributed by atoms with Gasteiger partial charge in [-0.05, 0) is 39.3 Å². The second-order valence-electron chi connectivity index (χ2n) is 4.62. The van der Waals surface area contributed by atoms with E-state index in [0.29, 0.717) is 12.4 Å². The highest BCUT2D eigenvalue weighted by molar-refractivity contribution is 5.95. The summed E-state index contributed by atoms with van der Waals surface area (Å²) in [6.45, 7) is 12.0. The lowest BCUT2D eigenvalue weighted by Crippen LogP contribution is -2.33. The fourth-order valence-corrected chi connectivity index (χ4v) is 1.97. The average Bonchev–Trinajstić information content (AvgIpc) is 2.23. The number of aromatic nitrogens is 1. The zero-order valence-electron chi connectivity index (χ0n) is 11.4. The van der Waals surface area contributed by atoms with Gasteiger partial charge in [0.25, 0.3) is 0 Å². The maximum Gasteiger partial charge on any atom is 0.339 e. The number of rotatable bonds is 5. The molecule has 1 rings (SSSR count). The topological polar surface area (TPSA) is 53.4 Å². The van der Waals surface area contributed by atoms with E-state index in [1.807, 2.05) is 25.7 Å². The first-order valence-corrected chi connectivity index (χ1v) is 5.97. The molecule has 0 radical (unpaired) electrons. The summed E-state index contributed by atoms with van der Waals surface area (Å²) in [7, 11) is 0. The summed E-state index contributed by atoms with van der Waals surface area (Å²) < 4.78 is 0. The van der Waals surface area contributed by atoms with E-state index in [1.54, 1.807) is 19.1 Å². The number of hydrogen-bond donors (Lipinski definition) is 1. The Balaban J connectivity index is 3.44. The molecule has 0 amide bonds. The summed E-state index contributed by atoms with van der Waals surface area (Å²) in [5, 5.41) is 9.34. The first-order chi connectivity index (χ1) is 8.38. The summed E-state index contributed by atoms with van der Waals surface area (Å²) >= 11 is 0. The van der Waals surface area contributed by atoms with Crippen molar-refractivity contribution in [2.45, 2.75) is 33.7 Å². The Kier molecular flexibility index (Phi) is 4.48. The lowest BCUT2D eigenvalue weighted by molar-refractivity contribution is 0.0696. The minimum Gasteiger partial charge on any atom is -0.478 e. The Bertz CT molecular complexity index is 467. The van der Waals surface area contributed by atoms with Crippen molar-refractivity contribution in [2.24, 2.45) is 0 Å². The van der Waals surface area contributed by atoms with Gasteiger partial charge in [-0.25, -0.2) is 9.78 Å². The van der Waals surface area contributed by atoms with Gasteiger partial charge in [-0.3, -0.25) is 0 Å². The first-order valence-electron chi connectivity index (χ1n) is 5.97. The van der Waals surface area contributed by atoms with E-state index >= 15 is 0 Å². The van der Waals surface area contributed by atoms with Crippen LogP contribution in [0.5, 0.6) is 0 Å². The van der Waals surface area contributed by atoms with Gasteiger partial charge in [0.1, 0.15) is 11.4 Å². The highest BCUT2D eigenvalue weighted by atomic mass is 16.4. The molecule has 0 fully saturated rings. The van der Waals surface area contributed by atoms with E-state index < -0.39 is 5.97 Å². The molecule has 4 nitrogen and oxygen atoms in total. The number of carboxylic acid groups (broad SMARTS) is 1. The molecule has 18 heavy (non-hydrogen) atoms. The molecule has 1 heterocycles. The second-order valence-corrected chi connectivity index (χ2v) is 4.62. The lowest BCUT2D eigenvalue weighted by Gasteiger charge is -2.28. The van der Waals surface area contributed by atoms with Gasteiger partial charge in [-0.2, -0.15) is 0 Å². The Hall–Kier alpha value is -1.84. The Morgan fingerprint density at radius 2 is 2.17 bits per heavy atom. The molecule has 4 heteroatoms. The number of aryl methyl sites for hydroxylation is 2. The molecule has 0 aliphatic heterocycles. The molecule has 1 aromatic rings. The third-order valence-electron chi connectivity index (χ3n) is 2.76. The molecule has 0 saturated heterocycles. The monoisotopic (exact) mass is 248 g/mol. The molecular weight excluding hydrogens is 228 g/mol. The molecule has 98 valence electrons. The van der Waals surface area contributed by atoms with Crippen molar-refractivity contribution < 1.29 is 9.90 Å². The summed E-state index contributed by atoms with van der Waals surface area (Å²) in [6.07, 6.45) is 1.75. The molecule has 0 aromatic carbocycles. The first kappa shape index (κ1) is 14.2. The largest absolute Gasteiger partial charge is 0.478 e. The van der Waals surface area contributed by atoms with Crippen LogP contribution in [-0.2, 0) is 0 Å². The van der Waals surface area contributed by atoms with Crippen LogP contribution in [0, 0.1) is 13.8 Å². The maximum absolute atomic E-state index is 11.4. The van der Waals surface area contributed by atoms with Crippen molar-refractivity contribution in [2.75, 3.05) is 11.4 Å². The van der Waals surface area contributed by atoms with Gasteiger partial charge < -0.3 is 10.0 Å². The maximum atomic E-state index is 11.4. The number of carboxylic acids is 1. The van der Waals surface area contributed by atoms with Crippen molar-refractivity contribution >= 4 is 11.8 Å². The predicted molar refractivity (Wildman–Crippen MR) is 73.3 cm³/mol. The van der Waals surface area contributed by atoms with Crippen LogP contribution in [0.3, 0.4) is 0 Å². The third kappa shape index (κ3) is 2.88. The van der Waals surface area contributed by atoms with Crippen LogP contribution in [0.2, 0.25) is 0 Å². The summed E-state index contributed by atoms with van der Waals surface area (Å²) in [5.41, 5.74) is 1.83. The molecule has 1 N–H and O–H groups in total. The Morgan fingerprint density at radius 1 is 1.56 bits per heavy atom. The number of hydrogen-bond acceptors (Lipinski definition) is 3. The van der Waals surface area contributed by atoms with E-state index in [2.05, 4.69) is 11.6 Å². The van der Waals surface area contributed by atoms with E-state index in [9.17, 15) is 9.90 Å². The van der Waals surface area contributed by atoms with E-state index in [-0.39, 0.29) is 11.6 Å². The normalized spacial score (nSPS) is 10.5. The van der Waals surface area contributed by atoms with Crippen molar-refractivity contribution in [3.05, 3.63) is 35.5 Å². The molecular formula is C14H20N2O2. The van der Waals surface area contributed by atoms with Gasteiger partial charge in [0.05, 0.1) is 0 Å². The van der Waals surface area contributed by atoms with Gasteiger partial charge in [-0.1, -0.05) is 6.08 Å². The van der Waals surface area contributed by atoms with Gasteiger partial charge in [0.15, 0.2) is 0 Å². The molecule has 0 bridgehead atoms. The summed E-state index contributed by atoms with van der Waals surface area (Å²) in [4.78, 5) is 17.7. The van der Waals surface area contributed by atoms with E-state index in [0.717, 1.165) is 11.3 Å². The SMILES string of the molecule is C=CCN(c1nc(C)cc(C)c1C(=O)O)C(C)C. The van der Waals surface area contributed by atoms with Gasteiger partial charge in [-0.15, -0.1) is 6.58 Å². The fourth-order valence-electron chi connectivity index (χ4n) is 1.97. The fraction of sp³-hybridized carbons (Fsp3) is 0.429. The number of aromatic carboxylic acids is 1. The van der Waals surface area contributed by atoms with Crippen molar-refractivity contribution in [3.8, 4) is 0 Å². The third-order valence-corrected chi connectivity index (χ3v) is 2.76. The zero-order chi connectivity index (χ0) is 13.9. The average molecular weight is 248 g/mol. The van der Waals surface area contributed by atoms with Crippen molar-refractivity contribution in [1.29, 1.82) is 0 Å². The van der Waals surface area contributed by atoms with Crippen LogP contribution < -0.4 is 4.90 Å². The summed E-state index contributed by atoms with van der Waals surface area (Å²) in [5.74, 6) is -0.417. The lowest BCUT2D eigenvalue weighted by atomic mass is 10.1. The molecule has 0 aliphatic rings. The summed E-state index contributed by atoms with van der Waals surface area (Å²) in [6, 6.07) is 1.95. The smallest absolute Gasteiger partial charge is 0.339 e. The number of nitrogens with zero attached hydrogens (tertiary/aromatic N) is 2. The van der Waals surface area contributed by atoms with Crippen LogP contribution in [0.1, 0.15) is 35.5 Å². The second kappa shape index (κ2) is 5.67. The van der Waals surface area contributed by atoms with Crippen LogP contribution in [0.25, 0.3) is 0 Å². The molecule has 0 spiro atoms. The quantitative estimate of drug-likeness (QED) is 0.814. The molecule has 1 aromatic heterocycles. The molecule has 0 unspecified atom stereocenters. The van der Waals surface area contributed by atoms with Crippen molar-refractivity contribution in [1.82, 2.24) is 4.98 Å². The highest BCUT2D eigenvalue weighted by Gasteiger charge is 2.21. The zero-order valence-corrected chi connectivity index (χ0v) is 11.4. The van der Waals surface area contributed by atoms with E-state index in [4.69, 9.17) is 0 Å². The molecule has 0 atom stereocenters. The predicted octanol–water partition coefficient (Wildman–Crippen LogP) is 2.80. The number of carbonyl (C=O) groups is 1. The Labute approximate surface area is 108 Å². The standard InChI is InChI=1S/C14H20N2O2/c1-6-7-16(9(2)3)13-12(14(17)18)10(4)8-11(5)15-13/h6,8-9H,1,7H2,2-5H3,(H,17,18). The molecule has 0 saturated carbocycles.